The van der Waals surface area contributed by atoms with Crippen molar-refractivity contribution in [3.05, 3.63) is 94.0 Å². The van der Waals surface area contributed by atoms with Crippen LogP contribution in [0.25, 0.3) is 11.1 Å². The topological polar surface area (TPSA) is 107 Å². The zero-order chi connectivity index (χ0) is 38.0. The van der Waals surface area contributed by atoms with E-state index in [4.69, 9.17) is 23.9 Å². The van der Waals surface area contributed by atoms with Crippen molar-refractivity contribution in [2.75, 3.05) is 20.8 Å². The first-order valence-corrected chi connectivity index (χ1v) is 19.9. The van der Waals surface area contributed by atoms with Crippen molar-refractivity contribution in [2.24, 2.45) is 0 Å². The minimum atomic E-state index is -0.229. The Kier molecular flexibility index (Phi) is 13.5. The highest BCUT2D eigenvalue weighted by atomic mass is 16.5. The smallest absolute Gasteiger partial charge is 0.220 e. The number of nitrogens with one attached hydrogen (secondary N) is 2. The van der Waals surface area contributed by atoms with Gasteiger partial charge in [0.15, 0.2) is 0 Å². The van der Waals surface area contributed by atoms with Crippen molar-refractivity contribution in [3.63, 3.8) is 0 Å². The summed E-state index contributed by atoms with van der Waals surface area (Å²) in [6, 6.07) is 20.6. The number of methoxy groups -OCH3 is 2. The molecule has 9 nitrogen and oxygen atoms in total. The van der Waals surface area contributed by atoms with E-state index in [0.29, 0.717) is 43.3 Å². The summed E-state index contributed by atoms with van der Waals surface area (Å²) >= 11 is 0. The summed E-state index contributed by atoms with van der Waals surface area (Å²) in [6.07, 6.45) is 13.0. The van der Waals surface area contributed by atoms with Crippen LogP contribution >= 0.6 is 0 Å². The number of ether oxygens (including phenoxy) is 4. The lowest BCUT2D eigenvalue weighted by Crippen LogP contribution is -2.49. The molecule has 2 heterocycles. The average molecular weight is 737 g/mol. The second-order valence-electron chi connectivity index (χ2n) is 15.3. The van der Waals surface area contributed by atoms with Gasteiger partial charge in [-0.2, -0.15) is 9.97 Å². The SMILES string of the molecule is CCC1(NCc2ccc(OCc3cccc(-c4cccc(COc5ccc(CNC6(CO)CCCCC6)c(OC)n5)c4C)c3C)nc2OC)CCCCC1. The van der Waals surface area contributed by atoms with Gasteiger partial charge < -0.3 is 34.7 Å². The van der Waals surface area contributed by atoms with Crippen molar-refractivity contribution < 1.29 is 24.1 Å². The monoisotopic (exact) mass is 736 g/mol. The molecule has 54 heavy (non-hydrogen) atoms. The first-order valence-electron chi connectivity index (χ1n) is 19.9. The van der Waals surface area contributed by atoms with Gasteiger partial charge >= 0.3 is 0 Å². The lowest BCUT2D eigenvalue weighted by Gasteiger charge is -2.37. The minimum Gasteiger partial charge on any atom is -0.481 e. The Morgan fingerprint density at radius 1 is 0.593 bits per heavy atom. The average Bonchev–Trinajstić information content (AvgIpc) is 3.22. The van der Waals surface area contributed by atoms with Gasteiger partial charge in [-0.3, -0.25) is 0 Å². The Hall–Kier alpha value is -4.18. The maximum absolute atomic E-state index is 10.1. The van der Waals surface area contributed by atoms with Gasteiger partial charge in [0, 0.05) is 47.4 Å². The largest absolute Gasteiger partial charge is 0.481 e. The number of pyridine rings is 2. The van der Waals surface area contributed by atoms with Crippen LogP contribution < -0.4 is 29.6 Å². The molecule has 2 aliphatic carbocycles. The lowest BCUT2D eigenvalue weighted by molar-refractivity contribution is 0.119. The molecule has 0 bridgehead atoms. The number of hydrogen-bond acceptors (Lipinski definition) is 9. The third-order valence-electron chi connectivity index (χ3n) is 12.1. The number of aliphatic hydroxyl groups is 1. The van der Waals surface area contributed by atoms with Gasteiger partial charge in [0.05, 0.1) is 20.8 Å². The first-order chi connectivity index (χ1) is 26.3. The van der Waals surface area contributed by atoms with Crippen LogP contribution in [0.4, 0.5) is 0 Å². The Morgan fingerprint density at radius 2 is 1.04 bits per heavy atom. The van der Waals surface area contributed by atoms with Crippen LogP contribution in [0.15, 0.2) is 60.7 Å². The van der Waals surface area contributed by atoms with Crippen LogP contribution in [-0.2, 0) is 26.3 Å². The van der Waals surface area contributed by atoms with E-state index in [9.17, 15) is 5.11 Å². The number of rotatable bonds is 17. The van der Waals surface area contributed by atoms with Gasteiger partial charge in [0.1, 0.15) is 13.2 Å². The number of aliphatic hydroxyl groups excluding tert-OH is 1. The second kappa shape index (κ2) is 18.4. The molecule has 3 N–H and O–H groups in total. The van der Waals surface area contributed by atoms with Crippen molar-refractivity contribution >= 4 is 0 Å². The van der Waals surface area contributed by atoms with E-state index in [0.717, 1.165) is 83.2 Å². The fraction of sp³-hybridized carbons (Fsp3) is 0.511. The van der Waals surface area contributed by atoms with E-state index in [2.05, 4.69) is 78.9 Å². The van der Waals surface area contributed by atoms with Crippen molar-refractivity contribution in [1.29, 1.82) is 0 Å². The van der Waals surface area contributed by atoms with Gasteiger partial charge in [0.2, 0.25) is 23.5 Å². The fourth-order valence-electron chi connectivity index (χ4n) is 8.32. The predicted molar refractivity (Wildman–Crippen MR) is 214 cm³/mol. The molecule has 0 atom stereocenters. The second-order valence-corrected chi connectivity index (χ2v) is 15.3. The van der Waals surface area contributed by atoms with Gasteiger partial charge in [-0.15, -0.1) is 0 Å². The van der Waals surface area contributed by atoms with Gasteiger partial charge in [-0.05, 0) is 91.5 Å². The van der Waals surface area contributed by atoms with E-state index in [1.807, 2.05) is 18.2 Å². The summed E-state index contributed by atoms with van der Waals surface area (Å²) in [7, 11) is 3.31. The molecule has 6 rings (SSSR count). The molecule has 2 aromatic carbocycles. The first kappa shape index (κ1) is 39.5. The van der Waals surface area contributed by atoms with E-state index >= 15 is 0 Å². The van der Waals surface area contributed by atoms with Crippen molar-refractivity contribution in [2.45, 2.75) is 129 Å². The molecule has 0 aliphatic heterocycles. The van der Waals surface area contributed by atoms with Gasteiger partial charge in [-0.1, -0.05) is 81.8 Å². The van der Waals surface area contributed by atoms with Crippen LogP contribution in [0, 0.1) is 13.8 Å². The fourth-order valence-corrected chi connectivity index (χ4v) is 8.32. The molecular formula is C45H60N4O5. The van der Waals surface area contributed by atoms with Crippen LogP contribution in [0.5, 0.6) is 23.5 Å². The quantitative estimate of drug-likeness (QED) is 0.0980. The zero-order valence-corrected chi connectivity index (χ0v) is 33.1. The van der Waals surface area contributed by atoms with E-state index in [1.54, 1.807) is 14.2 Å². The summed E-state index contributed by atoms with van der Waals surface area (Å²) in [5.74, 6) is 2.19. The minimum absolute atomic E-state index is 0.138. The summed E-state index contributed by atoms with van der Waals surface area (Å²) in [6.45, 7) is 8.81. The van der Waals surface area contributed by atoms with E-state index < -0.39 is 0 Å². The molecule has 290 valence electrons. The molecular weight excluding hydrogens is 677 g/mol. The van der Waals surface area contributed by atoms with Crippen LogP contribution in [0.2, 0.25) is 0 Å². The normalized spacial score (nSPS) is 16.5. The lowest BCUT2D eigenvalue weighted by atomic mass is 9.79. The van der Waals surface area contributed by atoms with E-state index in [1.165, 1.54) is 38.5 Å². The third-order valence-corrected chi connectivity index (χ3v) is 12.1. The molecule has 0 unspecified atom stereocenters. The van der Waals surface area contributed by atoms with Gasteiger partial charge in [-0.25, -0.2) is 0 Å². The Balaban J connectivity index is 1.09. The Bertz CT molecular complexity index is 1700. The molecule has 2 saturated carbocycles. The predicted octanol–water partition coefficient (Wildman–Crippen LogP) is 8.92. The van der Waals surface area contributed by atoms with Gasteiger partial charge in [0.25, 0.3) is 0 Å². The summed E-state index contributed by atoms with van der Waals surface area (Å²) in [5, 5.41) is 17.6. The number of hydrogen-bond donors (Lipinski definition) is 3. The molecule has 2 aliphatic rings. The molecule has 9 heteroatoms. The zero-order valence-electron chi connectivity index (χ0n) is 33.1. The maximum atomic E-state index is 10.1. The standard InChI is InChI=1S/C45H60N4O5/c1-6-44(23-9-7-10-24-44)46-27-34-19-21-40(48-42(34)51-4)53-29-36-15-13-17-38(32(36)2)39-18-14-16-37(33(39)3)30-54-41-22-20-35(43(49-41)52-5)28-47-45(31-50)25-11-8-12-26-45/h13-22,46-47,50H,6-12,23-31H2,1-5H3. The molecule has 4 aromatic rings. The molecule has 0 spiro atoms. The van der Waals surface area contributed by atoms with Crippen LogP contribution in [-0.4, -0.2) is 47.0 Å². The maximum Gasteiger partial charge on any atom is 0.220 e. The molecule has 0 radical (unpaired) electrons. The van der Waals surface area contributed by atoms with Crippen molar-refractivity contribution in [1.82, 2.24) is 20.6 Å². The number of nitrogens with zero attached hydrogens (tertiary/aromatic N) is 2. The number of aromatic nitrogens is 2. The Labute approximate surface area is 322 Å². The molecule has 2 aromatic heterocycles. The summed E-state index contributed by atoms with van der Waals surface area (Å²) < 4.78 is 23.9. The molecule has 0 saturated heterocycles. The summed E-state index contributed by atoms with van der Waals surface area (Å²) in [4.78, 5) is 9.40. The highest BCUT2D eigenvalue weighted by Gasteiger charge is 2.31. The number of benzene rings is 2. The Morgan fingerprint density at radius 3 is 1.46 bits per heavy atom. The van der Waals surface area contributed by atoms with Crippen molar-refractivity contribution in [3.8, 4) is 34.6 Å². The third kappa shape index (κ3) is 9.36. The molecule has 2 fully saturated rings. The summed E-state index contributed by atoms with van der Waals surface area (Å²) in [5.41, 5.74) is 8.79. The van der Waals surface area contributed by atoms with Crippen LogP contribution in [0.1, 0.15) is 111 Å². The molecule has 0 amide bonds. The highest BCUT2D eigenvalue weighted by Crippen LogP contribution is 2.34. The van der Waals surface area contributed by atoms with E-state index in [-0.39, 0.29) is 17.7 Å². The highest BCUT2D eigenvalue weighted by molar-refractivity contribution is 5.72. The van der Waals surface area contributed by atoms with Crippen LogP contribution in [0.3, 0.4) is 0 Å².